The average molecular weight is 176 g/mol. The minimum Gasteiger partial charge on any atom is -0.323 e. The van der Waals surface area contributed by atoms with Gasteiger partial charge in [-0.2, -0.15) is 0 Å². The standard InChI is InChI=1S/C9H10N3O/c1-12-5-6-2-3-7(10)4-8(6)11-9(12)13/h2-4,10H,5H2,1H3,(H,11,13). The molecule has 0 aromatic heterocycles. The van der Waals surface area contributed by atoms with Gasteiger partial charge in [0.1, 0.15) is 0 Å². The summed E-state index contributed by atoms with van der Waals surface area (Å²) in [6, 6.07) is 5.15. The molecular formula is C9H10N3O. The molecule has 2 N–H and O–H groups in total. The second-order valence-corrected chi connectivity index (χ2v) is 3.16. The first kappa shape index (κ1) is 7.91. The van der Waals surface area contributed by atoms with E-state index in [9.17, 15) is 4.79 Å². The zero-order chi connectivity index (χ0) is 9.42. The molecule has 1 aromatic rings. The number of rotatable bonds is 0. The molecule has 4 nitrogen and oxygen atoms in total. The highest BCUT2D eigenvalue weighted by molar-refractivity contribution is 5.92. The Morgan fingerprint density at radius 2 is 2.31 bits per heavy atom. The van der Waals surface area contributed by atoms with Crippen molar-refractivity contribution in [2.24, 2.45) is 0 Å². The van der Waals surface area contributed by atoms with Crippen LogP contribution in [-0.4, -0.2) is 18.0 Å². The van der Waals surface area contributed by atoms with Gasteiger partial charge < -0.3 is 16.0 Å². The van der Waals surface area contributed by atoms with E-state index in [1.54, 1.807) is 24.1 Å². The number of nitrogens with one attached hydrogen (secondary N) is 2. The average Bonchev–Trinajstić information content (AvgIpc) is 2.08. The first-order chi connectivity index (χ1) is 6.16. The zero-order valence-corrected chi connectivity index (χ0v) is 7.29. The van der Waals surface area contributed by atoms with Crippen molar-refractivity contribution in [1.29, 1.82) is 0 Å². The number of benzene rings is 1. The molecule has 0 spiro atoms. The van der Waals surface area contributed by atoms with Crippen molar-refractivity contribution in [3.8, 4) is 0 Å². The van der Waals surface area contributed by atoms with Gasteiger partial charge in [0.25, 0.3) is 0 Å². The highest BCUT2D eigenvalue weighted by Gasteiger charge is 2.18. The Balaban J connectivity index is 2.42. The van der Waals surface area contributed by atoms with Crippen LogP contribution in [-0.2, 0) is 6.54 Å². The summed E-state index contributed by atoms with van der Waals surface area (Å²) in [5, 5.41) is 2.72. The number of fused-ring (bicyclic) bond motifs is 1. The number of anilines is 1. The predicted molar refractivity (Wildman–Crippen MR) is 49.7 cm³/mol. The van der Waals surface area contributed by atoms with Crippen LogP contribution in [0.5, 0.6) is 0 Å². The quantitative estimate of drug-likeness (QED) is 0.641. The SMILES string of the molecule is CN1Cc2ccc([NH])cc2NC1=O. The van der Waals surface area contributed by atoms with Crippen LogP contribution in [0.25, 0.3) is 0 Å². The van der Waals surface area contributed by atoms with E-state index in [1.807, 2.05) is 6.07 Å². The summed E-state index contributed by atoms with van der Waals surface area (Å²) in [5.74, 6) is 0. The van der Waals surface area contributed by atoms with Gasteiger partial charge in [-0.25, -0.2) is 4.79 Å². The molecule has 0 bridgehead atoms. The fourth-order valence-corrected chi connectivity index (χ4v) is 1.37. The molecule has 1 aromatic carbocycles. The van der Waals surface area contributed by atoms with E-state index in [-0.39, 0.29) is 6.03 Å². The van der Waals surface area contributed by atoms with E-state index >= 15 is 0 Å². The van der Waals surface area contributed by atoms with Crippen LogP contribution < -0.4 is 11.1 Å². The monoisotopic (exact) mass is 176 g/mol. The van der Waals surface area contributed by atoms with Crippen molar-refractivity contribution in [2.45, 2.75) is 6.54 Å². The normalized spacial score (nSPS) is 15.2. The second-order valence-electron chi connectivity index (χ2n) is 3.16. The lowest BCUT2D eigenvalue weighted by atomic mass is 10.1. The maximum Gasteiger partial charge on any atom is 0.321 e. The number of amides is 2. The molecule has 1 radical (unpaired) electrons. The summed E-state index contributed by atoms with van der Waals surface area (Å²) in [7, 11) is 1.74. The zero-order valence-electron chi connectivity index (χ0n) is 7.29. The third-order valence-electron chi connectivity index (χ3n) is 2.11. The van der Waals surface area contributed by atoms with Crippen molar-refractivity contribution in [2.75, 3.05) is 12.4 Å². The molecule has 4 heteroatoms. The molecule has 1 aliphatic rings. The van der Waals surface area contributed by atoms with Crippen molar-refractivity contribution < 1.29 is 4.79 Å². The minimum absolute atomic E-state index is 0.113. The molecule has 0 saturated carbocycles. The number of carbonyl (C=O) groups excluding carboxylic acids is 1. The Morgan fingerprint density at radius 3 is 3.08 bits per heavy atom. The fraction of sp³-hybridized carbons (Fsp3) is 0.222. The largest absolute Gasteiger partial charge is 0.323 e. The lowest BCUT2D eigenvalue weighted by molar-refractivity contribution is 0.218. The van der Waals surface area contributed by atoms with Gasteiger partial charge in [-0.05, 0) is 17.7 Å². The first-order valence-electron chi connectivity index (χ1n) is 4.03. The Labute approximate surface area is 76.3 Å². The minimum atomic E-state index is -0.113. The molecule has 2 rings (SSSR count). The highest BCUT2D eigenvalue weighted by Crippen LogP contribution is 2.24. The summed E-state index contributed by atoms with van der Waals surface area (Å²) < 4.78 is 0. The van der Waals surface area contributed by atoms with E-state index in [4.69, 9.17) is 5.73 Å². The Bertz CT molecular complexity index is 362. The molecule has 0 aliphatic carbocycles. The van der Waals surface area contributed by atoms with E-state index < -0.39 is 0 Å². The topological polar surface area (TPSA) is 56.1 Å². The van der Waals surface area contributed by atoms with Crippen LogP contribution in [0.4, 0.5) is 16.2 Å². The highest BCUT2D eigenvalue weighted by atomic mass is 16.2. The summed E-state index contributed by atoms with van der Waals surface area (Å²) in [4.78, 5) is 12.8. The summed E-state index contributed by atoms with van der Waals surface area (Å²) in [5.41, 5.74) is 9.62. The van der Waals surface area contributed by atoms with Gasteiger partial charge in [0.05, 0.1) is 5.69 Å². The molecule has 0 unspecified atom stereocenters. The van der Waals surface area contributed by atoms with Crippen molar-refractivity contribution in [3.05, 3.63) is 23.8 Å². The molecule has 0 fully saturated rings. The Kier molecular flexibility index (Phi) is 1.62. The lowest BCUT2D eigenvalue weighted by Crippen LogP contribution is -2.35. The summed E-state index contributed by atoms with van der Waals surface area (Å²) in [6.45, 7) is 0.613. The van der Waals surface area contributed by atoms with Gasteiger partial charge in [-0.3, -0.25) is 0 Å². The number of carbonyl (C=O) groups is 1. The van der Waals surface area contributed by atoms with Crippen LogP contribution in [0.2, 0.25) is 0 Å². The van der Waals surface area contributed by atoms with Crippen LogP contribution in [0.15, 0.2) is 18.2 Å². The van der Waals surface area contributed by atoms with Crippen molar-refractivity contribution >= 4 is 17.4 Å². The van der Waals surface area contributed by atoms with Crippen LogP contribution in [0.1, 0.15) is 5.56 Å². The van der Waals surface area contributed by atoms with E-state index in [0.717, 1.165) is 11.3 Å². The number of urea groups is 1. The lowest BCUT2D eigenvalue weighted by Gasteiger charge is -2.25. The summed E-state index contributed by atoms with van der Waals surface area (Å²) in [6.07, 6.45) is 0. The maximum atomic E-state index is 11.2. The van der Waals surface area contributed by atoms with Crippen LogP contribution in [0, 0.1) is 0 Å². The molecule has 67 valence electrons. The number of hydrogen-bond acceptors (Lipinski definition) is 1. The predicted octanol–water partition coefficient (Wildman–Crippen LogP) is 1.58. The van der Waals surface area contributed by atoms with Gasteiger partial charge in [-0.1, -0.05) is 6.07 Å². The Hall–Kier alpha value is -1.71. The van der Waals surface area contributed by atoms with Gasteiger partial charge in [0.2, 0.25) is 0 Å². The molecule has 0 atom stereocenters. The molecule has 2 amide bonds. The van der Waals surface area contributed by atoms with Crippen molar-refractivity contribution in [3.63, 3.8) is 0 Å². The number of hydrogen-bond donors (Lipinski definition) is 1. The third kappa shape index (κ3) is 1.30. The van der Waals surface area contributed by atoms with Crippen LogP contribution >= 0.6 is 0 Å². The fourth-order valence-electron chi connectivity index (χ4n) is 1.37. The number of nitrogens with zero attached hydrogens (tertiary/aromatic N) is 1. The maximum absolute atomic E-state index is 11.2. The van der Waals surface area contributed by atoms with Crippen molar-refractivity contribution in [1.82, 2.24) is 10.6 Å². The summed E-state index contributed by atoms with van der Waals surface area (Å²) >= 11 is 0. The van der Waals surface area contributed by atoms with E-state index in [1.165, 1.54) is 0 Å². The molecular weight excluding hydrogens is 166 g/mol. The van der Waals surface area contributed by atoms with E-state index in [2.05, 4.69) is 5.32 Å². The smallest absolute Gasteiger partial charge is 0.321 e. The van der Waals surface area contributed by atoms with Gasteiger partial charge in [0.15, 0.2) is 0 Å². The molecule has 1 aliphatic heterocycles. The Morgan fingerprint density at radius 1 is 1.54 bits per heavy atom. The van der Waals surface area contributed by atoms with Gasteiger partial charge in [-0.15, -0.1) is 0 Å². The van der Waals surface area contributed by atoms with Gasteiger partial charge >= 0.3 is 6.03 Å². The molecule has 13 heavy (non-hydrogen) atoms. The molecule has 0 saturated heterocycles. The molecule has 1 heterocycles. The first-order valence-corrected chi connectivity index (χ1v) is 4.03. The second kappa shape index (κ2) is 2.65. The van der Waals surface area contributed by atoms with Gasteiger partial charge in [0, 0.05) is 19.3 Å². The van der Waals surface area contributed by atoms with E-state index in [0.29, 0.717) is 12.2 Å². The van der Waals surface area contributed by atoms with Crippen LogP contribution in [0.3, 0.4) is 0 Å². The third-order valence-corrected chi connectivity index (χ3v) is 2.11.